The van der Waals surface area contributed by atoms with Crippen LogP contribution in [0, 0.1) is 0 Å². The second-order valence-corrected chi connectivity index (χ2v) is 11.6. The first-order valence-electron chi connectivity index (χ1n) is 13.6. The van der Waals surface area contributed by atoms with Gasteiger partial charge in [0.05, 0.1) is 32.5 Å². The SMILES string of the molecule is CC1(C)OC2[C@H]3OCC(O3)[C@H](OCC(CO[C@@H]3C4CO[C@H](O4)C4OC(C)(C)O[C@@H]43)NCCCCO)[C@@H]2O1. The van der Waals surface area contributed by atoms with Crippen LogP contribution >= 0.6 is 0 Å². The Labute approximate surface area is 217 Å². The van der Waals surface area contributed by atoms with E-state index in [1.165, 1.54) is 0 Å². The van der Waals surface area contributed by atoms with Crippen molar-refractivity contribution >= 4 is 0 Å². The van der Waals surface area contributed by atoms with Gasteiger partial charge in [0.15, 0.2) is 24.2 Å². The van der Waals surface area contributed by atoms with Gasteiger partial charge in [-0.05, 0) is 47.1 Å². The van der Waals surface area contributed by atoms with Gasteiger partial charge < -0.3 is 57.8 Å². The van der Waals surface area contributed by atoms with E-state index in [4.69, 9.17) is 47.4 Å². The number of hydrogen-bond acceptors (Lipinski definition) is 12. The molecule has 6 aliphatic rings. The van der Waals surface area contributed by atoms with Crippen LogP contribution in [0.3, 0.4) is 0 Å². The Morgan fingerprint density at radius 2 is 1.24 bits per heavy atom. The van der Waals surface area contributed by atoms with Crippen LogP contribution in [-0.4, -0.2) is 124 Å². The molecule has 0 aliphatic carbocycles. The third-order valence-electron chi connectivity index (χ3n) is 7.71. The molecule has 212 valence electrons. The van der Waals surface area contributed by atoms with Crippen LogP contribution in [0.25, 0.3) is 0 Å². The first kappa shape index (κ1) is 26.7. The van der Waals surface area contributed by atoms with Gasteiger partial charge in [0, 0.05) is 6.61 Å². The molecule has 11 atom stereocenters. The number of hydrogen-bond donors (Lipinski definition) is 2. The third-order valence-corrected chi connectivity index (χ3v) is 7.71. The second-order valence-electron chi connectivity index (χ2n) is 11.6. The summed E-state index contributed by atoms with van der Waals surface area (Å²) >= 11 is 0. The van der Waals surface area contributed by atoms with Gasteiger partial charge in [-0.2, -0.15) is 0 Å². The summed E-state index contributed by atoms with van der Waals surface area (Å²) in [6.07, 6.45) is -1.59. The Morgan fingerprint density at radius 1 is 0.757 bits per heavy atom. The van der Waals surface area contributed by atoms with E-state index in [0.717, 1.165) is 19.4 Å². The van der Waals surface area contributed by atoms with Gasteiger partial charge in [-0.15, -0.1) is 0 Å². The molecule has 12 heteroatoms. The van der Waals surface area contributed by atoms with E-state index < -0.39 is 24.2 Å². The highest BCUT2D eigenvalue weighted by molar-refractivity contribution is 5.01. The molecular weight excluding hydrogens is 490 g/mol. The molecule has 0 aromatic carbocycles. The quantitative estimate of drug-likeness (QED) is 0.350. The summed E-state index contributed by atoms with van der Waals surface area (Å²) in [5, 5.41) is 12.7. The van der Waals surface area contributed by atoms with Crippen molar-refractivity contribution in [2.75, 3.05) is 39.6 Å². The van der Waals surface area contributed by atoms with Crippen molar-refractivity contribution in [1.82, 2.24) is 5.32 Å². The van der Waals surface area contributed by atoms with Crippen molar-refractivity contribution in [2.24, 2.45) is 0 Å². The maximum Gasteiger partial charge on any atom is 0.187 e. The van der Waals surface area contributed by atoms with Crippen LogP contribution in [0.5, 0.6) is 0 Å². The summed E-state index contributed by atoms with van der Waals surface area (Å²) in [7, 11) is 0. The van der Waals surface area contributed by atoms with E-state index in [0.29, 0.717) is 26.4 Å². The first-order chi connectivity index (χ1) is 17.7. The predicted octanol–water partition coefficient (Wildman–Crippen LogP) is 0.0379. The van der Waals surface area contributed by atoms with Crippen molar-refractivity contribution in [3.8, 4) is 0 Å². The molecule has 0 aromatic rings. The van der Waals surface area contributed by atoms with E-state index in [9.17, 15) is 5.11 Å². The Hall–Kier alpha value is -0.480. The minimum Gasteiger partial charge on any atom is -0.396 e. The van der Waals surface area contributed by atoms with Crippen molar-refractivity contribution in [2.45, 2.75) is 120 Å². The van der Waals surface area contributed by atoms with Gasteiger partial charge in [0.25, 0.3) is 0 Å². The van der Waals surface area contributed by atoms with Crippen molar-refractivity contribution < 1.29 is 52.5 Å². The molecule has 0 saturated carbocycles. The number of rotatable bonds is 11. The average Bonchev–Trinajstić information content (AvgIpc) is 3.60. The van der Waals surface area contributed by atoms with Gasteiger partial charge in [0.2, 0.25) is 0 Å². The van der Waals surface area contributed by atoms with Crippen LogP contribution in [0.2, 0.25) is 0 Å². The van der Waals surface area contributed by atoms with E-state index in [1.54, 1.807) is 0 Å². The zero-order chi connectivity index (χ0) is 25.8. The van der Waals surface area contributed by atoms with E-state index >= 15 is 0 Å². The highest BCUT2D eigenvalue weighted by Crippen LogP contribution is 2.43. The molecule has 6 rings (SSSR count). The lowest BCUT2D eigenvalue weighted by Crippen LogP contribution is -2.56. The Balaban J connectivity index is 1.10. The van der Waals surface area contributed by atoms with Gasteiger partial charge in [-0.1, -0.05) is 0 Å². The number of unbranched alkanes of at least 4 members (excludes halogenated alkanes) is 1. The molecule has 5 unspecified atom stereocenters. The van der Waals surface area contributed by atoms with Crippen LogP contribution in [0.4, 0.5) is 0 Å². The minimum atomic E-state index is -0.727. The Kier molecular flexibility index (Phi) is 7.58. The summed E-state index contributed by atoms with van der Waals surface area (Å²) in [4.78, 5) is 0. The fourth-order valence-electron chi connectivity index (χ4n) is 6.12. The summed E-state index contributed by atoms with van der Waals surface area (Å²) in [5.41, 5.74) is 0. The van der Waals surface area contributed by atoms with Gasteiger partial charge in [0.1, 0.15) is 48.8 Å². The van der Waals surface area contributed by atoms with E-state index in [1.807, 2.05) is 27.7 Å². The molecular formula is C25H41NO11. The molecule has 12 nitrogen and oxygen atoms in total. The number of aliphatic hydroxyl groups excluding tert-OH is 1. The summed E-state index contributed by atoms with van der Waals surface area (Å²) < 4.78 is 61.1. The lowest BCUT2D eigenvalue weighted by atomic mass is 10.0. The number of fused-ring (bicyclic) bond motifs is 8. The van der Waals surface area contributed by atoms with Crippen LogP contribution in [0.15, 0.2) is 0 Å². The Bertz CT molecular complexity index is 741. The second kappa shape index (κ2) is 10.5. The van der Waals surface area contributed by atoms with Gasteiger partial charge in [-0.3, -0.25) is 0 Å². The largest absolute Gasteiger partial charge is 0.396 e. The van der Waals surface area contributed by atoms with Gasteiger partial charge >= 0.3 is 0 Å². The fourth-order valence-corrected chi connectivity index (χ4v) is 6.12. The highest BCUT2D eigenvalue weighted by Gasteiger charge is 2.60. The molecule has 6 aliphatic heterocycles. The van der Waals surface area contributed by atoms with Crippen molar-refractivity contribution in [3.63, 3.8) is 0 Å². The molecule has 2 N–H and O–H groups in total. The molecule has 0 aromatic heterocycles. The zero-order valence-electron chi connectivity index (χ0n) is 22.0. The highest BCUT2D eigenvalue weighted by atomic mass is 16.8. The first-order valence-corrected chi connectivity index (χ1v) is 13.6. The topological polar surface area (TPSA) is 125 Å². The van der Waals surface area contributed by atoms with Crippen LogP contribution in [0.1, 0.15) is 40.5 Å². The Morgan fingerprint density at radius 3 is 1.73 bits per heavy atom. The fraction of sp³-hybridized carbons (Fsp3) is 1.00. The van der Waals surface area contributed by atoms with E-state index in [2.05, 4.69) is 5.32 Å². The minimum absolute atomic E-state index is 0.124. The third kappa shape index (κ3) is 5.46. The number of aliphatic hydroxyl groups is 1. The van der Waals surface area contributed by atoms with Gasteiger partial charge in [-0.25, -0.2) is 0 Å². The van der Waals surface area contributed by atoms with Crippen molar-refractivity contribution in [3.05, 3.63) is 0 Å². The van der Waals surface area contributed by atoms with Crippen molar-refractivity contribution in [1.29, 1.82) is 0 Å². The van der Waals surface area contributed by atoms with E-state index in [-0.39, 0.29) is 61.5 Å². The maximum atomic E-state index is 9.18. The molecule has 0 spiro atoms. The molecule has 0 radical (unpaired) electrons. The van der Waals surface area contributed by atoms with Crippen LogP contribution < -0.4 is 5.32 Å². The molecule has 0 amide bonds. The normalized spacial score (nSPS) is 45.6. The average molecular weight is 532 g/mol. The zero-order valence-corrected chi connectivity index (χ0v) is 22.0. The smallest absolute Gasteiger partial charge is 0.187 e. The monoisotopic (exact) mass is 531 g/mol. The lowest BCUT2D eigenvalue weighted by Gasteiger charge is -2.37. The molecule has 4 bridgehead atoms. The predicted molar refractivity (Wildman–Crippen MR) is 124 cm³/mol. The summed E-state index contributed by atoms with van der Waals surface area (Å²) in [6, 6.07) is -0.124. The standard InChI is InChI=1S/C25H41NO11/c1-24(2)34-18-16(14-11-30-22(32-14)20(18)36-24)28-9-13(26-7-5-6-8-27)10-29-17-15-12-31-23(33-15)21-19(17)35-25(3,4)37-21/h13-23,26-27H,5-12H2,1-4H3/t13?,14?,15?,16-,17+,18-,19+,20?,21?,22-,23+. The number of ether oxygens (including phenoxy) is 10. The summed E-state index contributed by atoms with van der Waals surface area (Å²) in [5.74, 6) is -1.45. The number of nitrogens with one attached hydrogen (secondary N) is 1. The molecule has 6 heterocycles. The summed E-state index contributed by atoms with van der Waals surface area (Å²) in [6.45, 7) is 10.1. The molecule has 6 fully saturated rings. The maximum absolute atomic E-state index is 9.18. The molecule has 6 saturated heterocycles. The van der Waals surface area contributed by atoms with Crippen LogP contribution in [-0.2, 0) is 47.4 Å². The lowest BCUT2D eigenvalue weighted by molar-refractivity contribution is -0.214. The molecule has 37 heavy (non-hydrogen) atoms.